The van der Waals surface area contributed by atoms with Crippen molar-refractivity contribution in [1.82, 2.24) is 0 Å². The third kappa shape index (κ3) is 1.83. The fraction of sp³-hybridized carbons (Fsp3) is 0. The zero-order valence-electron chi connectivity index (χ0n) is 12.4. The predicted octanol–water partition coefficient (Wildman–Crippen LogP) is 7.01. The standard InChI is InChI=1S/C22H13Br/c23-20-13-9-16-7-6-15-8-10-17(14-4-2-1-3-5-14)18-11-12-19(20)22(16)21(15)18/h1-13H. The summed E-state index contributed by atoms with van der Waals surface area (Å²) < 4.78 is 1.16. The molecular weight excluding hydrogens is 344 g/mol. The van der Waals surface area contributed by atoms with Crippen LogP contribution in [0.3, 0.4) is 0 Å². The molecule has 0 N–H and O–H groups in total. The Kier molecular flexibility index (Phi) is 2.74. The van der Waals surface area contributed by atoms with Gasteiger partial charge in [0, 0.05) is 4.47 Å². The van der Waals surface area contributed by atoms with Gasteiger partial charge < -0.3 is 0 Å². The summed E-state index contributed by atoms with van der Waals surface area (Å²) in [5.74, 6) is 0. The second-order valence-corrected chi connectivity index (χ2v) is 6.80. The topological polar surface area (TPSA) is 0 Å². The molecule has 0 fully saturated rings. The van der Waals surface area contributed by atoms with E-state index in [4.69, 9.17) is 0 Å². The van der Waals surface area contributed by atoms with Crippen molar-refractivity contribution in [1.29, 1.82) is 0 Å². The van der Waals surface area contributed by atoms with Crippen molar-refractivity contribution in [3.63, 3.8) is 0 Å². The first kappa shape index (κ1) is 13.1. The molecule has 23 heavy (non-hydrogen) atoms. The Hall–Kier alpha value is -2.38. The summed E-state index contributed by atoms with van der Waals surface area (Å²) in [6.45, 7) is 0. The largest absolute Gasteiger partial charge is 0.0622 e. The molecule has 0 aliphatic carbocycles. The predicted molar refractivity (Wildman–Crippen MR) is 103 cm³/mol. The van der Waals surface area contributed by atoms with E-state index in [1.807, 2.05) is 0 Å². The third-order valence-corrected chi connectivity index (χ3v) is 5.39. The van der Waals surface area contributed by atoms with Crippen molar-refractivity contribution >= 4 is 48.2 Å². The van der Waals surface area contributed by atoms with E-state index in [1.54, 1.807) is 0 Å². The van der Waals surface area contributed by atoms with Gasteiger partial charge in [0.15, 0.2) is 0 Å². The molecule has 1 heteroatoms. The number of rotatable bonds is 1. The highest BCUT2D eigenvalue weighted by Crippen LogP contribution is 2.41. The summed E-state index contributed by atoms with van der Waals surface area (Å²) >= 11 is 3.70. The van der Waals surface area contributed by atoms with E-state index in [0.29, 0.717) is 0 Å². The Morgan fingerprint density at radius 2 is 1.13 bits per heavy atom. The molecule has 0 spiro atoms. The molecule has 0 radical (unpaired) electrons. The molecule has 0 heterocycles. The summed E-state index contributed by atoms with van der Waals surface area (Å²) in [7, 11) is 0. The van der Waals surface area contributed by atoms with E-state index in [2.05, 4.69) is 94.8 Å². The lowest BCUT2D eigenvalue weighted by Gasteiger charge is -2.14. The summed E-state index contributed by atoms with van der Waals surface area (Å²) in [5, 5.41) is 7.92. The first-order valence-electron chi connectivity index (χ1n) is 7.74. The Balaban J connectivity index is 2.03. The minimum absolute atomic E-state index is 1.16. The van der Waals surface area contributed by atoms with Gasteiger partial charge in [0.05, 0.1) is 0 Å². The fourth-order valence-electron chi connectivity index (χ4n) is 3.63. The number of benzene rings is 5. The van der Waals surface area contributed by atoms with Crippen molar-refractivity contribution in [3.8, 4) is 11.1 Å². The lowest BCUT2D eigenvalue weighted by molar-refractivity contribution is 1.66. The number of hydrogen-bond donors (Lipinski definition) is 0. The van der Waals surface area contributed by atoms with Crippen LogP contribution in [0.2, 0.25) is 0 Å². The van der Waals surface area contributed by atoms with Crippen LogP contribution in [0.5, 0.6) is 0 Å². The molecule has 0 atom stereocenters. The molecule has 5 aromatic rings. The minimum Gasteiger partial charge on any atom is -0.0622 e. The Morgan fingerprint density at radius 3 is 1.91 bits per heavy atom. The SMILES string of the molecule is Brc1ccc2ccc3ccc(-c4ccccc4)c4ccc1c2c34. The van der Waals surface area contributed by atoms with Crippen LogP contribution < -0.4 is 0 Å². The molecule has 0 aliphatic rings. The van der Waals surface area contributed by atoms with Gasteiger partial charge in [-0.15, -0.1) is 0 Å². The van der Waals surface area contributed by atoms with Crippen LogP contribution in [0, 0.1) is 0 Å². The molecule has 0 unspecified atom stereocenters. The second kappa shape index (κ2) is 4.81. The summed E-state index contributed by atoms with van der Waals surface area (Å²) in [6, 6.07) is 28.4. The van der Waals surface area contributed by atoms with Gasteiger partial charge in [-0.3, -0.25) is 0 Å². The fourth-order valence-corrected chi connectivity index (χ4v) is 4.10. The zero-order valence-corrected chi connectivity index (χ0v) is 14.0. The Morgan fingerprint density at radius 1 is 0.522 bits per heavy atom. The average molecular weight is 357 g/mol. The molecule has 5 aromatic carbocycles. The van der Waals surface area contributed by atoms with Gasteiger partial charge >= 0.3 is 0 Å². The molecule has 0 aliphatic heterocycles. The van der Waals surface area contributed by atoms with Crippen LogP contribution in [0.25, 0.3) is 43.4 Å². The Labute approximate surface area is 142 Å². The van der Waals surface area contributed by atoms with Crippen molar-refractivity contribution < 1.29 is 0 Å². The van der Waals surface area contributed by atoms with Crippen molar-refractivity contribution in [2.24, 2.45) is 0 Å². The molecule has 0 saturated heterocycles. The average Bonchev–Trinajstić information content (AvgIpc) is 2.62. The summed E-state index contributed by atoms with van der Waals surface area (Å²) in [6.07, 6.45) is 0. The minimum atomic E-state index is 1.16. The maximum Gasteiger partial charge on any atom is 0.0254 e. The smallest absolute Gasteiger partial charge is 0.0254 e. The van der Waals surface area contributed by atoms with Crippen molar-refractivity contribution in [2.75, 3.05) is 0 Å². The highest BCUT2D eigenvalue weighted by molar-refractivity contribution is 9.10. The maximum absolute atomic E-state index is 3.70. The molecule has 0 aromatic heterocycles. The van der Waals surface area contributed by atoms with Crippen LogP contribution >= 0.6 is 15.9 Å². The first-order chi connectivity index (χ1) is 11.3. The van der Waals surface area contributed by atoms with E-state index in [9.17, 15) is 0 Å². The van der Waals surface area contributed by atoms with Crippen LogP contribution in [-0.2, 0) is 0 Å². The van der Waals surface area contributed by atoms with E-state index >= 15 is 0 Å². The lowest BCUT2D eigenvalue weighted by Crippen LogP contribution is -1.87. The van der Waals surface area contributed by atoms with Gasteiger partial charge in [-0.25, -0.2) is 0 Å². The van der Waals surface area contributed by atoms with E-state index < -0.39 is 0 Å². The Bertz CT molecular complexity index is 1160. The maximum atomic E-state index is 3.70. The molecule has 0 nitrogen and oxygen atoms in total. The number of halogens is 1. The van der Waals surface area contributed by atoms with Gasteiger partial charge in [-0.05, 0) is 49.5 Å². The molecule has 0 bridgehead atoms. The normalized spacial score (nSPS) is 11.7. The monoisotopic (exact) mass is 356 g/mol. The van der Waals surface area contributed by atoms with Crippen molar-refractivity contribution in [2.45, 2.75) is 0 Å². The van der Waals surface area contributed by atoms with E-state index in [0.717, 1.165) is 4.47 Å². The van der Waals surface area contributed by atoms with Gasteiger partial charge in [-0.2, -0.15) is 0 Å². The molecule has 0 saturated carbocycles. The van der Waals surface area contributed by atoms with Crippen LogP contribution in [0.15, 0.2) is 83.3 Å². The quantitative estimate of drug-likeness (QED) is 0.283. The summed E-state index contributed by atoms with van der Waals surface area (Å²) in [4.78, 5) is 0. The zero-order chi connectivity index (χ0) is 15.4. The van der Waals surface area contributed by atoms with E-state index in [-0.39, 0.29) is 0 Å². The number of hydrogen-bond acceptors (Lipinski definition) is 0. The van der Waals surface area contributed by atoms with Crippen LogP contribution in [-0.4, -0.2) is 0 Å². The van der Waals surface area contributed by atoms with Crippen LogP contribution in [0.1, 0.15) is 0 Å². The molecule has 0 amide bonds. The van der Waals surface area contributed by atoms with Crippen molar-refractivity contribution in [3.05, 3.63) is 83.3 Å². The van der Waals surface area contributed by atoms with Gasteiger partial charge in [0.25, 0.3) is 0 Å². The molecule has 5 rings (SSSR count). The van der Waals surface area contributed by atoms with E-state index in [1.165, 1.54) is 43.4 Å². The summed E-state index contributed by atoms with van der Waals surface area (Å²) in [5.41, 5.74) is 2.57. The first-order valence-corrected chi connectivity index (χ1v) is 8.54. The highest BCUT2D eigenvalue weighted by Gasteiger charge is 2.12. The lowest BCUT2D eigenvalue weighted by atomic mass is 9.90. The van der Waals surface area contributed by atoms with Gasteiger partial charge in [-0.1, -0.05) is 88.7 Å². The molecular formula is C22H13Br. The van der Waals surface area contributed by atoms with Crippen LogP contribution in [0.4, 0.5) is 0 Å². The second-order valence-electron chi connectivity index (χ2n) is 5.95. The highest BCUT2D eigenvalue weighted by atomic mass is 79.9. The van der Waals surface area contributed by atoms with Gasteiger partial charge in [0.2, 0.25) is 0 Å². The van der Waals surface area contributed by atoms with Gasteiger partial charge in [0.1, 0.15) is 0 Å². The molecule has 108 valence electrons. The third-order valence-electron chi connectivity index (χ3n) is 4.70.